The van der Waals surface area contributed by atoms with Crippen LogP contribution >= 0.6 is 0 Å². The molecule has 7 heteroatoms. The van der Waals surface area contributed by atoms with Crippen molar-refractivity contribution in [3.63, 3.8) is 0 Å². The number of alkyl halides is 3. The molecule has 4 nitrogen and oxygen atoms in total. The monoisotopic (exact) mass is 366 g/mol. The van der Waals surface area contributed by atoms with E-state index in [9.17, 15) is 18.0 Å². The second-order valence-corrected chi connectivity index (χ2v) is 6.77. The molecule has 0 saturated heterocycles. The topological polar surface area (TPSA) is 50.4 Å². The first-order valence-corrected chi connectivity index (χ1v) is 8.04. The fraction of sp³-hybridized carbons (Fsp3) is 0.316. The normalized spacial score (nSPS) is 11.9. The Bertz CT molecular complexity index is 751. The van der Waals surface area contributed by atoms with Gasteiger partial charge in [0.05, 0.1) is 12.1 Å². The predicted molar refractivity (Wildman–Crippen MR) is 94.3 cm³/mol. The number of benzene rings is 2. The minimum atomic E-state index is -4.50. The molecule has 1 amide bonds. The van der Waals surface area contributed by atoms with Gasteiger partial charge in [-0.3, -0.25) is 4.79 Å². The molecule has 2 rings (SSSR count). The van der Waals surface area contributed by atoms with E-state index in [1.807, 2.05) is 20.8 Å². The third-order valence-corrected chi connectivity index (χ3v) is 3.34. The minimum absolute atomic E-state index is 0.153. The van der Waals surface area contributed by atoms with E-state index >= 15 is 0 Å². The van der Waals surface area contributed by atoms with Crippen molar-refractivity contribution in [1.82, 2.24) is 5.32 Å². The van der Waals surface area contributed by atoms with Gasteiger partial charge in [-0.1, -0.05) is 12.1 Å². The van der Waals surface area contributed by atoms with Gasteiger partial charge in [0.2, 0.25) is 5.91 Å². The predicted octanol–water partition coefficient (Wildman–Crippen LogP) is 4.82. The highest BCUT2D eigenvalue weighted by molar-refractivity contribution is 5.92. The zero-order chi connectivity index (χ0) is 19.4. The number of para-hydroxylation sites is 1. The minimum Gasteiger partial charge on any atom is -0.457 e. The first-order chi connectivity index (χ1) is 12.0. The maximum Gasteiger partial charge on any atom is 0.419 e. The standard InChI is InChI=1S/C19H21F3N2O2/c1-18(2,3)23-12-17(25)24-13-8-10-14(11-9-13)26-16-7-5-4-6-15(16)19(20,21)22/h4-11,23H,12H2,1-3H3,(H,24,25). The maximum absolute atomic E-state index is 13.0. The van der Waals surface area contributed by atoms with Crippen molar-refractivity contribution in [3.8, 4) is 11.5 Å². The molecule has 0 bridgehead atoms. The molecule has 0 aliphatic rings. The van der Waals surface area contributed by atoms with Gasteiger partial charge < -0.3 is 15.4 Å². The summed E-state index contributed by atoms with van der Waals surface area (Å²) < 4.78 is 44.3. The number of hydrogen-bond donors (Lipinski definition) is 2. The SMILES string of the molecule is CC(C)(C)NCC(=O)Nc1ccc(Oc2ccccc2C(F)(F)F)cc1. The van der Waals surface area contributed by atoms with E-state index in [2.05, 4.69) is 10.6 Å². The Morgan fingerprint density at radius 3 is 2.19 bits per heavy atom. The lowest BCUT2D eigenvalue weighted by molar-refractivity contribution is -0.138. The highest BCUT2D eigenvalue weighted by Crippen LogP contribution is 2.37. The van der Waals surface area contributed by atoms with E-state index in [1.165, 1.54) is 30.3 Å². The van der Waals surface area contributed by atoms with Crippen LogP contribution in [0, 0.1) is 0 Å². The Labute approximate surface area is 150 Å². The summed E-state index contributed by atoms with van der Waals surface area (Å²) in [6.45, 7) is 6.00. The van der Waals surface area contributed by atoms with Crippen LogP contribution in [0.1, 0.15) is 26.3 Å². The van der Waals surface area contributed by atoms with Crippen LogP contribution in [0.15, 0.2) is 48.5 Å². The van der Waals surface area contributed by atoms with Crippen LogP contribution in [0.2, 0.25) is 0 Å². The number of ether oxygens (including phenoxy) is 1. The Morgan fingerprint density at radius 1 is 1.00 bits per heavy atom. The van der Waals surface area contributed by atoms with Crippen LogP contribution in [-0.4, -0.2) is 18.0 Å². The Hall–Kier alpha value is -2.54. The number of rotatable bonds is 5. The van der Waals surface area contributed by atoms with Crippen LogP contribution in [0.4, 0.5) is 18.9 Å². The molecule has 0 aromatic heterocycles. The Balaban J connectivity index is 2.02. The quantitative estimate of drug-likeness (QED) is 0.797. The van der Waals surface area contributed by atoms with Gasteiger partial charge in [0.1, 0.15) is 11.5 Å². The molecule has 0 unspecified atom stereocenters. The van der Waals surface area contributed by atoms with Gasteiger partial charge in [-0.25, -0.2) is 0 Å². The van der Waals surface area contributed by atoms with Gasteiger partial charge >= 0.3 is 6.18 Å². The molecule has 140 valence electrons. The third kappa shape index (κ3) is 6.07. The second kappa shape index (κ2) is 7.78. The number of carbonyl (C=O) groups excluding carboxylic acids is 1. The number of carbonyl (C=O) groups is 1. The molecule has 0 aliphatic heterocycles. The van der Waals surface area contributed by atoms with Crippen molar-refractivity contribution in [2.24, 2.45) is 0 Å². The van der Waals surface area contributed by atoms with E-state index in [0.29, 0.717) is 5.69 Å². The highest BCUT2D eigenvalue weighted by Gasteiger charge is 2.34. The van der Waals surface area contributed by atoms with Crippen molar-refractivity contribution < 1.29 is 22.7 Å². The molecule has 0 heterocycles. The van der Waals surface area contributed by atoms with Gasteiger partial charge in [-0.05, 0) is 57.2 Å². The smallest absolute Gasteiger partial charge is 0.419 e. The summed E-state index contributed by atoms with van der Waals surface area (Å²) >= 11 is 0. The number of nitrogens with one attached hydrogen (secondary N) is 2. The van der Waals surface area contributed by atoms with Crippen LogP contribution in [-0.2, 0) is 11.0 Å². The maximum atomic E-state index is 13.0. The van der Waals surface area contributed by atoms with E-state index in [0.717, 1.165) is 6.07 Å². The summed E-state index contributed by atoms with van der Waals surface area (Å²) in [6.07, 6.45) is -4.50. The molecule has 2 N–H and O–H groups in total. The molecule has 2 aromatic rings. The van der Waals surface area contributed by atoms with Crippen molar-refractivity contribution in [2.75, 3.05) is 11.9 Å². The van der Waals surface area contributed by atoms with Crippen LogP contribution in [0.5, 0.6) is 11.5 Å². The summed E-state index contributed by atoms with van der Waals surface area (Å²) in [5.41, 5.74) is -0.492. The number of hydrogen-bond acceptors (Lipinski definition) is 3. The lowest BCUT2D eigenvalue weighted by Crippen LogP contribution is -2.41. The van der Waals surface area contributed by atoms with Crippen molar-refractivity contribution >= 4 is 11.6 Å². The number of halogens is 3. The number of anilines is 1. The zero-order valence-corrected chi connectivity index (χ0v) is 14.8. The number of amides is 1. The molecular formula is C19H21F3N2O2. The van der Waals surface area contributed by atoms with Crippen LogP contribution < -0.4 is 15.4 Å². The molecule has 0 atom stereocenters. The average Bonchev–Trinajstić information content (AvgIpc) is 2.54. The highest BCUT2D eigenvalue weighted by atomic mass is 19.4. The molecule has 2 aromatic carbocycles. The molecule has 0 aliphatic carbocycles. The average molecular weight is 366 g/mol. The second-order valence-electron chi connectivity index (χ2n) is 6.77. The van der Waals surface area contributed by atoms with Gasteiger partial charge in [-0.2, -0.15) is 13.2 Å². The van der Waals surface area contributed by atoms with E-state index in [4.69, 9.17) is 4.74 Å². The summed E-state index contributed by atoms with van der Waals surface area (Å²) in [5.74, 6) is -0.241. The fourth-order valence-corrected chi connectivity index (χ4v) is 2.07. The molecule has 0 saturated carbocycles. The van der Waals surface area contributed by atoms with Gasteiger partial charge in [-0.15, -0.1) is 0 Å². The zero-order valence-electron chi connectivity index (χ0n) is 14.8. The lowest BCUT2D eigenvalue weighted by Gasteiger charge is -2.20. The lowest BCUT2D eigenvalue weighted by atomic mass is 10.1. The van der Waals surface area contributed by atoms with Gasteiger partial charge in [0, 0.05) is 11.2 Å². The van der Waals surface area contributed by atoms with E-state index < -0.39 is 11.7 Å². The fourth-order valence-electron chi connectivity index (χ4n) is 2.07. The molecule has 0 spiro atoms. The largest absolute Gasteiger partial charge is 0.457 e. The van der Waals surface area contributed by atoms with Crippen LogP contribution in [0.25, 0.3) is 0 Å². The van der Waals surface area contributed by atoms with E-state index in [-0.39, 0.29) is 29.5 Å². The Morgan fingerprint density at radius 2 is 1.62 bits per heavy atom. The van der Waals surface area contributed by atoms with Crippen molar-refractivity contribution in [2.45, 2.75) is 32.5 Å². The first kappa shape index (κ1) is 19.8. The molecule has 0 radical (unpaired) electrons. The summed E-state index contributed by atoms with van der Waals surface area (Å²) in [6, 6.07) is 11.1. The molecular weight excluding hydrogens is 345 g/mol. The van der Waals surface area contributed by atoms with Crippen LogP contribution in [0.3, 0.4) is 0 Å². The third-order valence-electron chi connectivity index (χ3n) is 3.34. The molecule has 26 heavy (non-hydrogen) atoms. The molecule has 0 fully saturated rings. The van der Waals surface area contributed by atoms with Gasteiger partial charge in [0.15, 0.2) is 0 Å². The summed E-state index contributed by atoms with van der Waals surface area (Å²) in [7, 11) is 0. The van der Waals surface area contributed by atoms with E-state index in [1.54, 1.807) is 12.1 Å². The van der Waals surface area contributed by atoms with Crippen molar-refractivity contribution in [1.29, 1.82) is 0 Å². The first-order valence-electron chi connectivity index (χ1n) is 8.04. The summed E-state index contributed by atoms with van der Waals surface area (Å²) in [5, 5.41) is 5.77. The van der Waals surface area contributed by atoms with Crippen molar-refractivity contribution in [3.05, 3.63) is 54.1 Å². The summed E-state index contributed by atoms with van der Waals surface area (Å²) in [4.78, 5) is 11.9. The Kier molecular flexibility index (Phi) is 5.92. The van der Waals surface area contributed by atoms with Gasteiger partial charge in [0.25, 0.3) is 0 Å².